The maximum absolute atomic E-state index is 6.51. The molecule has 0 spiro atoms. The van der Waals surface area contributed by atoms with Crippen molar-refractivity contribution >= 4 is 54.6 Å². The van der Waals surface area contributed by atoms with Crippen LogP contribution in [0.1, 0.15) is 6.92 Å². The number of fused-ring (bicyclic) bond motifs is 8. The summed E-state index contributed by atoms with van der Waals surface area (Å²) in [4.78, 5) is 10.2. The molecular formula is C40H27N3O. The number of nitrogens with zero attached hydrogens (tertiary/aromatic N) is 3. The first-order valence-corrected chi connectivity index (χ1v) is 15.1. The van der Waals surface area contributed by atoms with E-state index in [9.17, 15) is 0 Å². The largest absolute Gasteiger partial charge is 0.455 e. The van der Waals surface area contributed by atoms with Crippen LogP contribution < -0.4 is 0 Å². The Morgan fingerprint density at radius 3 is 2.11 bits per heavy atom. The van der Waals surface area contributed by atoms with Gasteiger partial charge in [0.05, 0.1) is 22.2 Å². The van der Waals surface area contributed by atoms with Crippen LogP contribution >= 0.6 is 0 Å². The summed E-state index contributed by atoms with van der Waals surface area (Å²) in [5, 5.41) is 5.54. The van der Waals surface area contributed by atoms with E-state index in [4.69, 9.17) is 14.4 Å². The molecular weight excluding hydrogens is 538 g/mol. The number of hydrogen-bond acceptors (Lipinski definition) is 3. The molecule has 0 amide bonds. The fourth-order valence-electron chi connectivity index (χ4n) is 6.71. The molecule has 208 valence electrons. The van der Waals surface area contributed by atoms with E-state index in [1.165, 1.54) is 0 Å². The summed E-state index contributed by atoms with van der Waals surface area (Å²) in [7, 11) is 0. The molecule has 0 aliphatic carbocycles. The summed E-state index contributed by atoms with van der Waals surface area (Å²) < 4.78 is 8.78. The first-order valence-electron chi connectivity index (χ1n) is 15.1. The SMILES string of the molecule is CCn1c(-c2ccc(-c3cccc(-c4nc5ccccc5c5c4ccc4c6ccccc6oc45)c3)cc2)nc2ccccc21. The molecule has 0 saturated heterocycles. The van der Waals surface area contributed by atoms with E-state index in [1.54, 1.807) is 0 Å². The van der Waals surface area contributed by atoms with Crippen LogP contribution in [-0.2, 0) is 6.54 Å². The average molecular weight is 566 g/mol. The highest BCUT2D eigenvalue weighted by molar-refractivity contribution is 6.24. The third-order valence-corrected chi connectivity index (χ3v) is 8.79. The lowest BCUT2D eigenvalue weighted by atomic mass is 9.95. The first-order chi connectivity index (χ1) is 21.8. The number of para-hydroxylation sites is 4. The molecule has 0 saturated carbocycles. The Balaban J connectivity index is 1.19. The smallest absolute Gasteiger partial charge is 0.144 e. The van der Waals surface area contributed by atoms with Crippen LogP contribution in [0.4, 0.5) is 0 Å². The van der Waals surface area contributed by atoms with E-state index < -0.39 is 0 Å². The Hall–Kier alpha value is -5.74. The second kappa shape index (κ2) is 9.65. The number of benzene rings is 6. The van der Waals surface area contributed by atoms with Crippen LogP contribution in [0.25, 0.3) is 88.4 Å². The van der Waals surface area contributed by atoms with E-state index >= 15 is 0 Å². The second-order valence-electron chi connectivity index (χ2n) is 11.3. The third-order valence-electron chi connectivity index (χ3n) is 8.79. The molecule has 9 aromatic rings. The molecule has 0 radical (unpaired) electrons. The topological polar surface area (TPSA) is 43.9 Å². The van der Waals surface area contributed by atoms with Crippen LogP contribution in [0.15, 0.2) is 138 Å². The Morgan fingerprint density at radius 1 is 0.545 bits per heavy atom. The summed E-state index contributed by atoms with van der Waals surface area (Å²) in [5.74, 6) is 0.998. The highest BCUT2D eigenvalue weighted by Crippen LogP contribution is 2.41. The van der Waals surface area contributed by atoms with Crippen molar-refractivity contribution in [3.8, 4) is 33.8 Å². The van der Waals surface area contributed by atoms with Crippen molar-refractivity contribution in [1.82, 2.24) is 14.5 Å². The minimum atomic E-state index is 0.868. The molecule has 3 aromatic heterocycles. The molecule has 0 bridgehead atoms. The van der Waals surface area contributed by atoms with Crippen molar-refractivity contribution in [2.45, 2.75) is 13.5 Å². The molecule has 0 atom stereocenters. The molecule has 0 N–H and O–H groups in total. The highest BCUT2D eigenvalue weighted by atomic mass is 16.3. The lowest BCUT2D eigenvalue weighted by molar-refractivity contribution is 0.673. The van der Waals surface area contributed by atoms with Gasteiger partial charge in [-0.2, -0.15) is 0 Å². The highest BCUT2D eigenvalue weighted by Gasteiger charge is 2.18. The third kappa shape index (κ3) is 3.71. The molecule has 44 heavy (non-hydrogen) atoms. The fourth-order valence-corrected chi connectivity index (χ4v) is 6.71. The minimum absolute atomic E-state index is 0.868. The van der Waals surface area contributed by atoms with Gasteiger partial charge in [-0.15, -0.1) is 0 Å². The van der Waals surface area contributed by atoms with Crippen molar-refractivity contribution in [3.63, 3.8) is 0 Å². The van der Waals surface area contributed by atoms with E-state index in [0.717, 1.165) is 95.0 Å². The summed E-state index contributed by atoms with van der Waals surface area (Å²) >= 11 is 0. The Labute approximate surface area is 253 Å². The molecule has 0 aliphatic rings. The molecule has 4 heteroatoms. The van der Waals surface area contributed by atoms with Crippen LogP contribution in [0.3, 0.4) is 0 Å². The van der Waals surface area contributed by atoms with Gasteiger partial charge in [0.1, 0.15) is 17.0 Å². The zero-order valence-corrected chi connectivity index (χ0v) is 24.2. The Morgan fingerprint density at radius 2 is 1.25 bits per heavy atom. The van der Waals surface area contributed by atoms with Gasteiger partial charge >= 0.3 is 0 Å². The molecule has 0 aliphatic heterocycles. The van der Waals surface area contributed by atoms with Gasteiger partial charge in [-0.1, -0.05) is 97.1 Å². The van der Waals surface area contributed by atoms with Crippen molar-refractivity contribution in [2.24, 2.45) is 0 Å². The van der Waals surface area contributed by atoms with E-state index in [-0.39, 0.29) is 0 Å². The van der Waals surface area contributed by atoms with Crippen LogP contribution in [-0.4, -0.2) is 14.5 Å². The average Bonchev–Trinajstić information content (AvgIpc) is 3.66. The van der Waals surface area contributed by atoms with Crippen LogP contribution in [0, 0.1) is 0 Å². The van der Waals surface area contributed by atoms with Gasteiger partial charge in [0.25, 0.3) is 0 Å². The predicted molar refractivity (Wildman–Crippen MR) is 182 cm³/mol. The zero-order valence-electron chi connectivity index (χ0n) is 24.2. The van der Waals surface area contributed by atoms with Crippen LogP contribution in [0.2, 0.25) is 0 Å². The molecule has 9 rings (SSSR count). The predicted octanol–water partition coefficient (Wildman–Crippen LogP) is 10.7. The molecule has 6 aromatic carbocycles. The number of aryl methyl sites for hydroxylation is 1. The van der Waals surface area contributed by atoms with E-state index in [2.05, 4.69) is 127 Å². The second-order valence-corrected chi connectivity index (χ2v) is 11.3. The number of aromatic nitrogens is 3. The summed E-state index contributed by atoms with van der Waals surface area (Å²) in [5.41, 5.74) is 10.4. The van der Waals surface area contributed by atoms with Gasteiger partial charge in [-0.05, 0) is 54.4 Å². The van der Waals surface area contributed by atoms with Crippen LogP contribution in [0.5, 0.6) is 0 Å². The van der Waals surface area contributed by atoms with Gasteiger partial charge < -0.3 is 8.98 Å². The monoisotopic (exact) mass is 565 g/mol. The summed E-state index contributed by atoms with van der Waals surface area (Å²) in [6, 6.07) is 46.8. The lowest BCUT2D eigenvalue weighted by Crippen LogP contribution is -1.97. The van der Waals surface area contributed by atoms with Gasteiger partial charge in [0, 0.05) is 44.6 Å². The van der Waals surface area contributed by atoms with Crippen molar-refractivity contribution < 1.29 is 4.42 Å². The van der Waals surface area contributed by atoms with Crippen molar-refractivity contribution in [1.29, 1.82) is 0 Å². The maximum Gasteiger partial charge on any atom is 0.144 e. The Kier molecular flexibility index (Phi) is 5.44. The van der Waals surface area contributed by atoms with E-state index in [1.807, 2.05) is 18.2 Å². The zero-order chi connectivity index (χ0) is 29.2. The minimum Gasteiger partial charge on any atom is -0.455 e. The Bertz CT molecular complexity index is 2540. The standard InChI is InChI=1S/C40H27N3O/c1-2-43-35-16-7-6-15-34(35)42-40(43)26-20-18-25(19-21-26)27-10-9-11-28(24-27)38-32-23-22-30-29-12-4-8-17-36(29)44-39(30)37(32)31-13-3-5-14-33(31)41-38/h3-24H,2H2,1H3. The molecule has 0 fully saturated rings. The van der Waals surface area contributed by atoms with E-state index in [0.29, 0.717) is 0 Å². The molecule has 0 unspecified atom stereocenters. The fraction of sp³-hybridized carbons (Fsp3) is 0.0500. The number of pyridine rings is 1. The molecule has 3 heterocycles. The first kappa shape index (κ1) is 24.8. The lowest BCUT2D eigenvalue weighted by Gasteiger charge is -2.12. The van der Waals surface area contributed by atoms with Crippen molar-refractivity contribution in [3.05, 3.63) is 133 Å². The normalized spacial score (nSPS) is 11.8. The number of rotatable bonds is 4. The van der Waals surface area contributed by atoms with Gasteiger partial charge in [-0.25, -0.2) is 9.97 Å². The van der Waals surface area contributed by atoms with Gasteiger partial charge in [0.2, 0.25) is 0 Å². The summed E-state index contributed by atoms with van der Waals surface area (Å²) in [6.45, 7) is 3.04. The van der Waals surface area contributed by atoms with Gasteiger partial charge in [0.15, 0.2) is 0 Å². The van der Waals surface area contributed by atoms with Crippen molar-refractivity contribution in [2.75, 3.05) is 0 Å². The van der Waals surface area contributed by atoms with Gasteiger partial charge in [-0.3, -0.25) is 0 Å². The number of imidazole rings is 1. The quantitative estimate of drug-likeness (QED) is 0.199. The molecule has 4 nitrogen and oxygen atoms in total. The summed E-state index contributed by atoms with van der Waals surface area (Å²) in [6.07, 6.45) is 0. The maximum atomic E-state index is 6.51. The number of furan rings is 1. The number of hydrogen-bond donors (Lipinski definition) is 0.